The molecule has 146 valence electrons. The van der Waals surface area contributed by atoms with E-state index < -0.39 is 0 Å². The smallest absolute Gasteiger partial charge is 0.122 e. The molecule has 0 atom stereocenters. The van der Waals surface area contributed by atoms with Gasteiger partial charge < -0.3 is 15.3 Å². The fourth-order valence-corrected chi connectivity index (χ4v) is 3.79. The lowest BCUT2D eigenvalue weighted by Gasteiger charge is -2.22. The van der Waals surface area contributed by atoms with E-state index in [1.165, 1.54) is 6.07 Å². The lowest BCUT2D eigenvalue weighted by atomic mass is 9.85. The summed E-state index contributed by atoms with van der Waals surface area (Å²) < 4.78 is 0. The first-order chi connectivity index (χ1) is 12.9. The van der Waals surface area contributed by atoms with E-state index in [9.17, 15) is 15.3 Å². The first-order valence-corrected chi connectivity index (χ1v) is 10.0. The molecule has 0 saturated carbocycles. The number of rotatable bonds is 8. The van der Waals surface area contributed by atoms with E-state index in [2.05, 4.69) is 39.8 Å². The van der Waals surface area contributed by atoms with Crippen molar-refractivity contribution in [1.82, 2.24) is 0 Å². The second kappa shape index (κ2) is 9.50. The molecule has 2 aromatic carbocycles. The predicted molar refractivity (Wildman–Crippen MR) is 113 cm³/mol. The maximum atomic E-state index is 10.9. The number of benzene rings is 2. The molecule has 0 amide bonds. The minimum atomic E-state index is 0.0378. The molecule has 2 aromatic rings. The highest BCUT2D eigenvalue weighted by atomic mass is 16.3. The van der Waals surface area contributed by atoms with Crippen molar-refractivity contribution in [2.75, 3.05) is 0 Å². The number of aromatic hydroxyl groups is 3. The molecule has 0 radical (unpaired) electrons. The van der Waals surface area contributed by atoms with Crippen LogP contribution in [0.5, 0.6) is 17.2 Å². The Kier molecular flexibility index (Phi) is 7.35. The van der Waals surface area contributed by atoms with Gasteiger partial charge >= 0.3 is 0 Å². The number of hydrogen-bond acceptors (Lipinski definition) is 3. The summed E-state index contributed by atoms with van der Waals surface area (Å²) in [5, 5.41) is 30.3. The van der Waals surface area contributed by atoms with Crippen LogP contribution in [0.4, 0.5) is 0 Å². The summed E-state index contributed by atoms with van der Waals surface area (Å²) in [6.45, 7) is 8.62. The molecule has 0 spiro atoms. The van der Waals surface area contributed by atoms with Gasteiger partial charge in [0.25, 0.3) is 0 Å². The minimum Gasteiger partial charge on any atom is -0.508 e. The summed E-state index contributed by atoms with van der Waals surface area (Å²) >= 11 is 0. The molecule has 0 bridgehead atoms. The van der Waals surface area contributed by atoms with Crippen LogP contribution in [0.3, 0.4) is 0 Å². The Hall–Kier alpha value is -2.42. The van der Waals surface area contributed by atoms with Gasteiger partial charge in [0, 0.05) is 6.07 Å². The van der Waals surface area contributed by atoms with E-state index in [0.29, 0.717) is 17.6 Å². The highest BCUT2D eigenvalue weighted by Crippen LogP contribution is 2.40. The van der Waals surface area contributed by atoms with Gasteiger partial charge in [0.05, 0.1) is 0 Å². The molecule has 0 aliphatic carbocycles. The third-order valence-electron chi connectivity index (χ3n) is 5.44. The third kappa shape index (κ3) is 5.06. The molecule has 27 heavy (non-hydrogen) atoms. The Bertz CT molecular complexity index is 731. The van der Waals surface area contributed by atoms with Crippen molar-refractivity contribution in [3.63, 3.8) is 0 Å². The molecule has 3 nitrogen and oxygen atoms in total. The first-order valence-electron chi connectivity index (χ1n) is 10.0. The molecular formula is C24H32O3. The Balaban J connectivity index is 2.52. The Morgan fingerprint density at radius 1 is 0.630 bits per heavy atom. The van der Waals surface area contributed by atoms with Crippen molar-refractivity contribution in [2.45, 2.75) is 65.2 Å². The van der Waals surface area contributed by atoms with Crippen LogP contribution < -0.4 is 0 Å². The van der Waals surface area contributed by atoms with Crippen LogP contribution in [0, 0.1) is 0 Å². The molecule has 3 heteroatoms. The van der Waals surface area contributed by atoms with Crippen LogP contribution in [0.25, 0.3) is 12.2 Å². The van der Waals surface area contributed by atoms with E-state index in [4.69, 9.17) is 0 Å². The average Bonchev–Trinajstić information content (AvgIpc) is 2.64. The van der Waals surface area contributed by atoms with Crippen LogP contribution in [0.2, 0.25) is 0 Å². The Morgan fingerprint density at radius 2 is 1.00 bits per heavy atom. The number of phenols is 3. The molecule has 0 heterocycles. The lowest BCUT2D eigenvalue weighted by molar-refractivity contribution is 0.441. The van der Waals surface area contributed by atoms with Gasteiger partial charge in [0.1, 0.15) is 17.2 Å². The molecular weight excluding hydrogens is 336 g/mol. The van der Waals surface area contributed by atoms with Crippen molar-refractivity contribution >= 4 is 12.2 Å². The fourth-order valence-electron chi connectivity index (χ4n) is 3.79. The maximum Gasteiger partial charge on any atom is 0.122 e. The Morgan fingerprint density at radius 3 is 1.37 bits per heavy atom. The van der Waals surface area contributed by atoms with Gasteiger partial charge in [-0.05, 0) is 84.0 Å². The fraction of sp³-hybridized carbons (Fsp3) is 0.417. The van der Waals surface area contributed by atoms with Crippen LogP contribution in [0.1, 0.15) is 87.5 Å². The quantitative estimate of drug-likeness (QED) is 0.450. The van der Waals surface area contributed by atoms with Gasteiger partial charge in [-0.2, -0.15) is 0 Å². The molecule has 0 aromatic heterocycles. The predicted octanol–water partition coefficient (Wildman–Crippen LogP) is 6.78. The highest BCUT2D eigenvalue weighted by Gasteiger charge is 2.19. The van der Waals surface area contributed by atoms with Crippen molar-refractivity contribution in [1.29, 1.82) is 0 Å². The van der Waals surface area contributed by atoms with Crippen LogP contribution >= 0.6 is 0 Å². The zero-order valence-electron chi connectivity index (χ0n) is 16.9. The summed E-state index contributed by atoms with van der Waals surface area (Å²) in [6, 6.07) is 8.67. The van der Waals surface area contributed by atoms with E-state index in [1.807, 2.05) is 12.2 Å². The van der Waals surface area contributed by atoms with E-state index in [0.717, 1.165) is 47.9 Å². The van der Waals surface area contributed by atoms with Gasteiger partial charge in [0.2, 0.25) is 0 Å². The maximum absolute atomic E-state index is 10.9. The van der Waals surface area contributed by atoms with E-state index in [1.54, 1.807) is 12.1 Å². The normalized spacial score (nSPS) is 11.8. The van der Waals surface area contributed by atoms with Gasteiger partial charge in [-0.15, -0.1) is 0 Å². The highest BCUT2D eigenvalue weighted by molar-refractivity contribution is 5.72. The van der Waals surface area contributed by atoms with E-state index >= 15 is 0 Å². The first kappa shape index (κ1) is 20.9. The summed E-state index contributed by atoms with van der Waals surface area (Å²) in [4.78, 5) is 0. The lowest BCUT2D eigenvalue weighted by Crippen LogP contribution is -2.03. The van der Waals surface area contributed by atoms with E-state index in [-0.39, 0.29) is 11.5 Å². The summed E-state index contributed by atoms with van der Waals surface area (Å²) in [5.41, 5.74) is 3.79. The zero-order valence-corrected chi connectivity index (χ0v) is 16.9. The minimum absolute atomic E-state index is 0.0378. The van der Waals surface area contributed by atoms with Crippen LogP contribution in [-0.4, -0.2) is 15.3 Å². The van der Waals surface area contributed by atoms with Gasteiger partial charge in [-0.1, -0.05) is 39.8 Å². The average molecular weight is 369 g/mol. The SMILES string of the molecule is CCC(CC)c1cc(C=Cc2cc(O)cc(O)c2)cc(C(CC)CC)c1O. The molecule has 0 aliphatic heterocycles. The topological polar surface area (TPSA) is 60.7 Å². The number of hydrogen-bond donors (Lipinski definition) is 3. The van der Waals surface area contributed by atoms with Crippen molar-refractivity contribution in [3.05, 3.63) is 52.6 Å². The second-order valence-corrected chi connectivity index (χ2v) is 7.19. The summed E-state index contributed by atoms with van der Waals surface area (Å²) in [6.07, 6.45) is 7.80. The second-order valence-electron chi connectivity index (χ2n) is 7.19. The summed E-state index contributed by atoms with van der Waals surface area (Å²) in [5.74, 6) is 1.18. The third-order valence-corrected chi connectivity index (χ3v) is 5.44. The standard InChI is InChI=1S/C24H32O3/c1-5-18(6-2)22-13-17(14-23(24(22)27)19(7-3)8-4)10-9-16-11-20(25)15-21(26)12-16/h9-15,18-19,25-27H,5-8H2,1-4H3. The van der Waals surface area contributed by atoms with Crippen molar-refractivity contribution in [2.24, 2.45) is 0 Å². The van der Waals surface area contributed by atoms with Gasteiger partial charge in [-0.3, -0.25) is 0 Å². The molecule has 0 aliphatic rings. The molecule has 0 saturated heterocycles. The zero-order chi connectivity index (χ0) is 20.0. The molecule has 0 fully saturated rings. The van der Waals surface area contributed by atoms with Gasteiger partial charge in [0.15, 0.2) is 0 Å². The van der Waals surface area contributed by atoms with Crippen LogP contribution in [-0.2, 0) is 0 Å². The Labute approximate surface area is 163 Å². The number of phenolic OH excluding ortho intramolecular Hbond substituents is 3. The van der Waals surface area contributed by atoms with Crippen LogP contribution in [0.15, 0.2) is 30.3 Å². The molecule has 2 rings (SSSR count). The molecule has 3 N–H and O–H groups in total. The molecule has 0 unspecified atom stereocenters. The monoisotopic (exact) mass is 368 g/mol. The van der Waals surface area contributed by atoms with Crippen molar-refractivity contribution in [3.8, 4) is 17.2 Å². The summed E-state index contributed by atoms with van der Waals surface area (Å²) in [7, 11) is 0. The largest absolute Gasteiger partial charge is 0.508 e. The van der Waals surface area contributed by atoms with Gasteiger partial charge in [-0.25, -0.2) is 0 Å². The van der Waals surface area contributed by atoms with Crippen molar-refractivity contribution < 1.29 is 15.3 Å².